The molecule has 18 heavy (non-hydrogen) atoms. The zero-order chi connectivity index (χ0) is 13.5. The van der Waals surface area contributed by atoms with E-state index in [0.29, 0.717) is 12.2 Å². The molecule has 1 aromatic rings. The number of amides is 1. The van der Waals surface area contributed by atoms with Crippen LogP contribution in [-0.4, -0.2) is 31.0 Å². The first-order valence-electron chi connectivity index (χ1n) is 5.39. The van der Waals surface area contributed by atoms with Crippen LogP contribution in [-0.2, 0) is 4.74 Å². The quantitative estimate of drug-likeness (QED) is 0.680. The molecule has 0 radical (unpaired) electrons. The molecule has 0 aromatic heterocycles. The maximum absolute atomic E-state index is 12.1. The SMILES string of the molecule is COCC(CCBr)NC(=O)c1ccc(Br)cc1Br. The standard InChI is InChI=1S/C12H14Br3NO2/c1-18-7-9(4-5-13)16-12(17)10-3-2-8(14)6-11(10)15/h2-3,6,9H,4-5,7H2,1H3,(H,16,17). The van der Waals surface area contributed by atoms with Crippen molar-refractivity contribution in [1.29, 1.82) is 0 Å². The fourth-order valence-electron chi connectivity index (χ4n) is 1.47. The predicted octanol–water partition coefficient (Wildman–Crippen LogP) is 3.74. The van der Waals surface area contributed by atoms with Gasteiger partial charge in [0, 0.05) is 21.4 Å². The molecule has 6 heteroatoms. The van der Waals surface area contributed by atoms with Gasteiger partial charge in [-0.05, 0) is 40.5 Å². The Bertz CT molecular complexity index is 406. The van der Waals surface area contributed by atoms with Crippen LogP contribution in [0.2, 0.25) is 0 Å². The summed E-state index contributed by atoms with van der Waals surface area (Å²) < 4.78 is 6.79. The molecule has 0 saturated heterocycles. The van der Waals surface area contributed by atoms with Crippen molar-refractivity contribution >= 4 is 53.7 Å². The maximum atomic E-state index is 12.1. The number of hydrogen-bond acceptors (Lipinski definition) is 2. The fourth-order valence-corrected chi connectivity index (χ4v) is 3.25. The summed E-state index contributed by atoms with van der Waals surface area (Å²) in [6.07, 6.45) is 0.827. The monoisotopic (exact) mass is 441 g/mol. The summed E-state index contributed by atoms with van der Waals surface area (Å²) in [4.78, 5) is 12.1. The number of carbonyl (C=O) groups excluding carboxylic acids is 1. The van der Waals surface area contributed by atoms with Gasteiger partial charge < -0.3 is 10.1 Å². The summed E-state index contributed by atoms with van der Waals surface area (Å²) in [6.45, 7) is 0.505. The first-order chi connectivity index (χ1) is 8.58. The number of halogens is 3. The molecular formula is C12H14Br3NO2. The van der Waals surface area contributed by atoms with E-state index in [1.165, 1.54) is 0 Å². The van der Waals surface area contributed by atoms with Crippen LogP contribution in [0, 0.1) is 0 Å². The number of ether oxygens (including phenoxy) is 1. The molecule has 1 rings (SSSR count). The van der Waals surface area contributed by atoms with Crippen molar-refractivity contribution in [2.24, 2.45) is 0 Å². The minimum absolute atomic E-state index is 0.0115. The molecule has 3 nitrogen and oxygen atoms in total. The zero-order valence-electron chi connectivity index (χ0n) is 9.88. The second kappa shape index (κ2) is 8.30. The number of methoxy groups -OCH3 is 1. The van der Waals surface area contributed by atoms with Crippen LogP contribution >= 0.6 is 47.8 Å². The number of hydrogen-bond donors (Lipinski definition) is 1. The summed E-state index contributed by atoms with van der Waals surface area (Å²) in [5.41, 5.74) is 0.619. The maximum Gasteiger partial charge on any atom is 0.252 e. The largest absolute Gasteiger partial charge is 0.383 e. The molecule has 0 aliphatic heterocycles. The average Bonchev–Trinajstić information content (AvgIpc) is 2.29. The number of rotatable bonds is 6. The van der Waals surface area contributed by atoms with Gasteiger partial charge in [-0.15, -0.1) is 0 Å². The second-order valence-corrected chi connectivity index (χ2v) is 6.29. The summed E-state index contributed by atoms with van der Waals surface area (Å²) in [7, 11) is 1.63. The van der Waals surface area contributed by atoms with Gasteiger partial charge in [-0.25, -0.2) is 0 Å². The number of nitrogens with one attached hydrogen (secondary N) is 1. The van der Waals surface area contributed by atoms with Gasteiger partial charge in [0.15, 0.2) is 0 Å². The van der Waals surface area contributed by atoms with Gasteiger partial charge in [0.25, 0.3) is 5.91 Å². The van der Waals surface area contributed by atoms with E-state index < -0.39 is 0 Å². The molecule has 1 N–H and O–H groups in total. The van der Waals surface area contributed by atoms with Crippen molar-refractivity contribution in [3.8, 4) is 0 Å². The highest BCUT2D eigenvalue weighted by atomic mass is 79.9. The van der Waals surface area contributed by atoms with E-state index >= 15 is 0 Å². The number of carbonyl (C=O) groups is 1. The van der Waals surface area contributed by atoms with E-state index in [-0.39, 0.29) is 11.9 Å². The Morgan fingerprint density at radius 3 is 2.72 bits per heavy atom. The van der Waals surface area contributed by atoms with Gasteiger partial charge in [0.1, 0.15) is 0 Å². The summed E-state index contributed by atoms with van der Waals surface area (Å²) >= 11 is 10.1. The van der Waals surface area contributed by atoms with Crippen molar-refractivity contribution in [1.82, 2.24) is 5.32 Å². The number of benzene rings is 1. The third-order valence-electron chi connectivity index (χ3n) is 2.34. The minimum atomic E-state index is -0.0997. The van der Waals surface area contributed by atoms with Crippen molar-refractivity contribution in [3.05, 3.63) is 32.7 Å². The van der Waals surface area contributed by atoms with E-state index in [2.05, 4.69) is 53.1 Å². The molecule has 1 atom stereocenters. The Kier molecular flexibility index (Phi) is 7.44. The van der Waals surface area contributed by atoms with E-state index in [0.717, 1.165) is 20.7 Å². The van der Waals surface area contributed by atoms with Crippen molar-refractivity contribution in [3.63, 3.8) is 0 Å². The molecule has 1 amide bonds. The first kappa shape index (κ1) is 16.1. The molecule has 0 bridgehead atoms. The van der Waals surface area contributed by atoms with Crippen LogP contribution in [0.15, 0.2) is 27.1 Å². The summed E-state index contributed by atoms with van der Waals surface area (Å²) in [5, 5.41) is 3.78. The van der Waals surface area contributed by atoms with E-state index in [1.807, 2.05) is 12.1 Å². The zero-order valence-corrected chi connectivity index (χ0v) is 14.6. The Hall–Kier alpha value is 0.0900. The second-order valence-electron chi connectivity index (χ2n) is 3.73. The topological polar surface area (TPSA) is 38.3 Å². The van der Waals surface area contributed by atoms with Crippen molar-refractivity contribution < 1.29 is 9.53 Å². The highest BCUT2D eigenvalue weighted by Gasteiger charge is 2.15. The molecule has 0 saturated carbocycles. The van der Waals surface area contributed by atoms with E-state index in [4.69, 9.17) is 4.74 Å². The highest BCUT2D eigenvalue weighted by molar-refractivity contribution is 9.11. The predicted molar refractivity (Wildman–Crippen MR) is 83.4 cm³/mol. The lowest BCUT2D eigenvalue weighted by Crippen LogP contribution is -2.38. The molecule has 0 heterocycles. The molecular weight excluding hydrogens is 430 g/mol. The third kappa shape index (κ3) is 4.99. The van der Waals surface area contributed by atoms with Crippen LogP contribution in [0.1, 0.15) is 16.8 Å². The first-order valence-corrected chi connectivity index (χ1v) is 8.10. The molecule has 0 spiro atoms. The minimum Gasteiger partial charge on any atom is -0.383 e. The van der Waals surface area contributed by atoms with Gasteiger partial charge in [0.05, 0.1) is 18.2 Å². The van der Waals surface area contributed by atoms with Crippen LogP contribution in [0.4, 0.5) is 0 Å². The van der Waals surface area contributed by atoms with Gasteiger partial charge in [-0.3, -0.25) is 4.79 Å². The Balaban J connectivity index is 2.73. The van der Waals surface area contributed by atoms with Gasteiger partial charge >= 0.3 is 0 Å². The number of alkyl halides is 1. The average molecular weight is 444 g/mol. The molecule has 100 valence electrons. The Labute approximate surface area is 132 Å². The summed E-state index contributed by atoms with van der Waals surface area (Å²) in [5.74, 6) is -0.0997. The lowest BCUT2D eigenvalue weighted by molar-refractivity contribution is 0.0894. The van der Waals surface area contributed by atoms with Crippen molar-refractivity contribution in [2.75, 3.05) is 19.0 Å². The smallest absolute Gasteiger partial charge is 0.252 e. The van der Waals surface area contributed by atoms with Crippen LogP contribution in [0.3, 0.4) is 0 Å². The van der Waals surface area contributed by atoms with Crippen LogP contribution < -0.4 is 5.32 Å². The fraction of sp³-hybridized carbons (Fsp3) is 0.417. The van der Waals surface area contributed by atoms with Gasteiger partial charge in [-0.2, -0.15) is 0 Å². The van der Waals surface area contributed by atoms with Gasteiger partial charge in [-0.1, -0.05) is 31.9 Å². The van der Waals surface area contributed by atoms with Crippen molar-refractivity contribution in [2.45, 2.75) is 12.5 Å². The lowest BCUT2D eigenvalue weighted by Gasteiger charge is -2.17. The normalized spacial score (nSPS) is 12.2. The Morgan fingerprint density at radius 2 is 2.17 bits per heavy atom. The van der Waals surface area contributed by atoms with Crippen LogP contribution in [0.5, 0.6) is 0 Å². The molecule has 0 aliphatic rings. The lowest BCUT2D eigenvalue weighted by atomic mass is 10.2. The molecule has 1 unspecified atom stereocenters. The van der Waals surface area contributed by atoms with E-state index in [1.54, 1.807) is 13.2 Å². The molecule has 0 fully saturated rings. The third-order valence-corrected chi connectivity index (χ3v) is 3.94. The van der Waals surface area contributed by atoms with E-state index in [9.17, 15) is 4.79 Å². The van der Waals surface area contributed by atoms with Gasteiger partial charge in [0.2, 0.25) is 0 Å². The molecule has 1 aromatic carbocycles. The molecule has 0 aliphatic carbocycles. The summed E-state index contributed by atoms with van der Waals surface area (Å²) in [6, 6.07) is 5.49. The Morgan fingerprint density at radius 1 is 1.44 bits per heavy atom. The highest BCUT2D eigenvalue weighted by Crippen LogP contribution is 2.22. The van der Waals surface area contributed by atoms with Crippen LogP contribution in [0.25, 0.3) is 0 Å².